The van der Waals surface area contributed by atoms with E-state index in [-0.39, 0.29) is 0 Å². The standard InChI is InChI=1S/C7H15O.O.Sn.H/c1-2-3-4-5-6-7-8;;;/h2-7H2,1H3;;;/q-1;;+1;. The first kappa shape index (κ1) is 10.6. The number of rotatable bonds is 7. The summed E-state index contributed by atoms with van der Waals surface area (Å²) in [5, 5.41) is 0. The van der Waals surface area contributed by atoms with Gasteiger partial charge in [0.2, 0.25) is 0 Å². The molecule has 0 N–H and O–H groups in total. The second-order valence-electron chi connectivity index (χ2n) is 2.38. The first-order valence-corrected chi connectivity index (χ1v) is 6.66. The molecule has 0 aromatic carbocycles. The fourth-order valence-corrected chi connectivity index (χ4v) is 1.59. The first-order chi connectivity index (χ1) is 4.91. The van der Waals surface area contributed by atoms with E-state index in [4.69, 9.17) is 3.07 Å². The van der Waals surface area contributed by atoms with Crippen molar-refractivity contribution in [1.29, 1.82) is 0 Å². The van der Waals surface area contributed by atoms with Crippen LogP contribution in [0.4, 0.5) is 0 Å². The van der Waals surface area contributed by atoms with Gasteiger partial charge in [0, 0.05) is 0 Å². The Morgan fingerprint density at radius 1 is 1.20 bits per heavy atom. The van der Waals surface area contributed by atoms with Gasteiger partial charge < -0.3 is 0 Å². The Balaban J connectivity index is 2.70. The fraction of sp³-hybridized carbons (Fsp3) is 1.00. The summed E-state index contributed by atoms with van der Waals surface area (Å²) in [5.41, 5.74) is 0. The van der Waals surface area contributed by atoms with Crippen LogP contribution in [-0.2, 0) is 6.15 Å². The Morgan fingerprint density at radius 2 is 1.90 bits per heavy atom. The van der Waals surface area contributed by atoms with Crippen molar-refractivity contribution in [1.82, 2.24) is 0 Å². The molecule has 0 aliphatic rings. The molecular formula is C7H16O2Sn. The predicted molar refractivity (Wildman–Crippen MR) is 42.5 cm³/mol. The van der Waals surface area contributed by atoms with Crippen LogP contribution in [0.3, 0.4) is 0 Å². The molecule has 0 unspecified atom stereocenters. The van der Waals surface area contributed by atoms with Crippen LogP contribution in [0, 0.1) is 0 Å². The van der Waals surface area contributed by atoms with Crippen LogP contribution < -0.4 is 0 Å². The monoisotopic (exact) mass is 252 g/mol. The molecule has 0 aliphatic heterocycles. The molecule has 0 saturated heterocycles. The molecule has 0 fully saturated rings. The zero-order valence-electron chi connectivity index (χ0n) is 6.64. The topological polar surface area (TPSA) is 26.3 Å². The van der Waals surface area contributed by atoms with Crippen LogP contribution in [0.2, 0.25) is 0 Å². The molecule has 0 rings (SSSR count). The van der Waals surface area contributed by atoms with Gasteiger partial charge in [0.25, 0.3) is 0 Å². The van der Waals surface area contributed by atoms with Crippen LogP contribution in [0.1, 0.15) is 39.0 Å². The Kier molecular flexibility index (Phi) is 10.1. The van der Waals surface area contributed by atoms with Crippen molar-refractivity contribution in [2.75, 3.05) is 6.61 Å². The van der Waals surface area contributed by atoms with Crippen LogP contribution >= 0.6 is 0 Å². The maximum absolute atomic E-state index is 9.99. The second-order valence-corrected chi connectivity index (χ2v) is 3.88. The molecule has 60 valence electrons. The molecular weight excluding hydrogens is 235 g/mol. The number of hydrogen-bond acceptors (Lipinski definition) is 2. The molecule has 0 radical (unpaired) electrons. The molecule has 0 bridgehead atoms. The Labute approximate surface area is 73.5 Å². The minimum atomic E-state index is -1.74. The van der Waals surface area contributed by atoms with E-state index in [0.717, 1.165) is 13.0 Å². The van der Waals surface area contributed by atoms with E-state index in [2.05, 4.69) is 6.92 Å². The maximum atomic E-state index is 9.99. The van der Waals surface area contributed by atoms with Gasteiger partial charge in [-0.15, -0.1) is 0 Å². The SMILES string of the molecule is CCCCCCC[O][SnH]=[O]. The Hall–Kier alpha value is 0.559. The van der Waals surface area contributed by atoms with E-state index >= 15 is 0 Å². The van der Waals surface area contributed by atoms with Gasteiger partial charge >= 0.3 is 73.3 Å². The van der Waals surface area contributed by atoms with Crippen molar-refractivity contribution in [2.24, 2.45) is 0 Å². The van der Waals surface area contributed by atoms with E-state index in [0.29, 0.717) is 0 Å². The molecule has 0 aromatic heterocycles. The summed E-state index contributed by atoms with van der Waals surface area (Å²) in [7, 11) is 0. The quantitative estimate of drug-likeness (QED) is 0.508. The third-order valence-electron chi connectivity index (χ3n) is 1.43. The van der Waals surface area contributed by atoms with Gasteiger partial charge in [0.15, 0.2) is 0 Å². The average molecular weight is 251 g/mol. The summed E-state index contributed by atoms with van der Waals surface area (Å²) in [6.45, 7) is 2.93. The molecule has 0 aliphatic carbocycles. The van der Waals surface area contributed by atoms with Crippen molar-refractivity contribution >= 4 is 21.5 Å². The van der Waals surface area contributed by atoms with Gasteiger partial charge in [-0.25, -0.2) is 0 Å². The van der Waals surface area contributed by atoms with Crippen molar-refractivity contribution in [3.8, 4) is 0 Å². The predicted octanol–water partition coefficient (Wildman–Crippen LogP) is 1.67. The summed E-state index contributed by atoms with van der Waals surface area (Å²) >= 11 is -1.74. The van der Waals surface area contributed by atoms with Crippen molar-refractivity contribution in [2.45, 2.75) is 39.0 Å². The van der Waals surface area contributed by atoms with Crippen LogP contribution in [0.25, 0.3) is 0 Å². The normalized spacial score (nSPS) is 9.70. The van der Waals surface area contributed by atoms with Gasteiger partial charge in [0.1, 0.15) is 0 Å². The van der Waals surface area contributed by atoms with Crippen molar-refractivity contribution in [3.63, 3.8) is 0 Å². The van der Waals surface area contributed by atoms with Crippen molar-refractivity contribution < 1.29 is 6.15 Å². The van der Waals surface area contributed by atoms with E-state index in [1.807, 2.05) is 0 Å². The molecule has 2 nitrogen and oxygen atoms in total. The van der Waals surface area contributed by atoms with Crippen molar-refractivity contribution in [3.05, 3.63) is 0 Å². The van der Waals surface area contributed by atoms with Gasteiger partial charge in [-0.2, -0.15) is 0 Å². The van der Waals surface area contributed by atoms with E-state index in [1.165, 1.54) is 25.7 Å². The first-order valence-electron chi connectivity index (χ1n) is 3.97. The molecule has 10 heavy (non-hydrogen) atoms. The van der Waals surface area contributed by atoms with Crippen LogP contribution in [-0.4, -0.2) is 28.1 Å². The minimum absolute atomic E-state index is 0.730. The molecule has 0 heterocycles. The molecule has 0 atom stereocenters. The van der Waals surface area contributed by atoms with E-state index in [1.54, 1.807) is 0 Å². The average Bonchev–Trinajstić information content (AvgIpc) is 1.97. The van der Waals surface area contributed by atoms with Gasteiger partial charge in [-0.1, -0.05) is 0 Å². The summed E-state index contributed by atoms with van der Waals surface area (Å²) in [5.74, 6) is 0. The third-order valence-corrected chi connectivity index (χ3v) is 2.49. The Morgan fingerprint density at radius 3 is 2.50 bits per heavy atom. The Bertz CT molecular complexity index is 76.0. The molecule has 0 aromatic rings. The van der Waals surface area contributed by atoms with E-state index < -0.39 is 21.5 Å². The van der Waals surface area contributed by atoms with Crippen LogP contribution in [0.15, 0.2) is 0 Å². The van der Waals surface area contributed by atoms with Gasteiger partial charge in [-0.3, -0.25) is 0 Å². The van der Waals surface area contributed by atoms with E-state index in [9.17, 15) is 3.08 Å². The van der Waals surface area contributed by atoms with Gasteiger partial charge in [0.05, 0.1) is 0 Å². The molecule has 0 spiro atoms. The summed E-state index contributed by atoms with van der Waals surface area (Å²) in [6.07, 6.45) is 6.22. The molecule has 0 amide bonds. The zero-order valence-corrected chi connectivity index (χ0v) is 9.93. The molecule has 3 heteroatoms. The number of unbranched alkanes of at least 4 members (excludes halogenated alkanes) is 4. The van der Waals surface area contributed by atoms with Crippen LogP contribution in [0.5, 0.6) is 0 Å². The zero-order chi connectivity index (χ0) is 7.66. The fourth-order valence-electron chi connectivity index (χ4n) is 0.837. The number of hydrogen-bond donors (Lipinski definition) is 0. The summed E-state index contributed by atoms with van der Waals surface area (Å²) in [6, 6.07) is 0. The molecule has 0 saturated carbocycles. The second kappa shape index (κ2) is 9.56. The van der Waals surface area contributed by atoms with Gasteiger partial charge in [-0.05, 0) is 0 Å². The summed E-state index contributed by atoms with van der Waals surface area (Å²) < 4.78 is 14.8. The summed E-state index contributed by atoms with van der Waals surface area (Å²) in [4.78, 5) is 0. The third kappa shape index (κ3) is 8.56.